The van der Waals surface area contributed by atoms with E-state index in [1.54, 1.807) is 36.7 Å². The summed E-state index contributed by atoms with van der Waals surface area (Å²) in [4.78, 5) is 13.0. The van der Waals surface area contributed by atoms with Gasteiger partial charge in [-0.1, -0.05) is 0 Å². The summed E-state index contributed by atoms with van der Waals surface area (Å²) in [6.45, 7) is 2.73. The largest absolute Gasteiger partial charge is 0.497 e. The summed E-state index contributed by atoms with van der Waals surface area (Å²) in [6, 6.07) is 6.47. The first-order chi connectivity index (χ1) is 13.3. The van der Waals surface area contributed by atoms with Gasteiger partial charge < -0.3 is 19.4 Å². The van der Waals surface area contributed by atoms with E-state index in [2.05, 4.69) is 5.32 Å². The van der Waals surface area contributed by atoms with Gasteiger partial charge in [-0.15, -0.1) is 0 Å². The van der Waals surface area contributed by atoms with E-state index in [4.69, 9.17) is 9.47 Å². The number of sulfonamides is 1. The van der Waals surface area contributed by atoms with Gasteiger partial charge >= 0.3 is 0 Å². The lowest BCUT2D eigenvalue weighted by Crippen LogP contribution is -2.28. The molecular weight excluding hydrogens is 382 g/mol. The van der Waals surface area contributed by atoms with Crippen LogP contribution in [0.15, 0.2) is 29.2 Å². The molecule has 1 amide bonds. The van der Waals surface area contributed by atoms with Crippen LogP contribution in [0.2, 0.25) is 0 Å². The molecule has 0 aliphatic carbocycles. The molecular formula is C19H25N3O5S. The molecule has 8 nitrogen and oxygen atoms in total. The lowest BCUT2D eigenvalue weighted by atomic mass is 10.2. The molecule has 152 valence electrons. The Bertz CT molecular complexity index is 969. The van der Waals surface area contributed by atoms with Gasteiger partial charge in [0, 0.05) is 49.7 Å². The highest BCUT2D eigenvalue weighted by atomic mass is 32.2. The number of aromatic nitrogens is 1. The van der Waals surface area contributed by atoms with Crippen LogP contribution >= 0.6 is 0 Å². The SMILES string of the molecule is COc1cc(NC(=O)c2cc(S(=O)(=O)N3CCCC3)c(C)n2C)cc(OC)c1. The Kier molecular flexibility index (Phi) is 5.66. The zero-order valence-electron chi connectivity index (χ0n) is 16.5. The number of benzene rings is 1. The number of hydrogen-bond donors (Lipinski definition) is 1. The number of hydrogen-bond acceptors (Lipinski definition) is 5. The number of carbonyl (C=O) groups is 1. The third-order valence-electron chi connectivity index (χ3n) is 5.01. The van der Waals surface area contributed by atoms with E-state index >= 15 is 0 Å². The highest BCUT2D eigenvalue weighted by Gasteiger charge is 2.31. The maximum Gasteiger partial charge on any atom is 0.272 e. The number of methoxy groups -OCH3 is 2. The van der Waals surface area contributed by atoms with Crippen molar-refractivity contribution in [3.05, 3.63) is 35.7 Å². The van der Waals surface area contributed by atoms with Crippen molar-refractivity contribution in [3.63, 3.8) is 0 Å². The van der Waals surface area contributed by atoms with Crippen LogP contribution in [0.25, 0.3) is 0 Å². The fraction of sp³-hybridized carbons (Fsp3) is 0.421. The Labute approximate surface area is 165 Å². The highest BCUT2D eigenvalue weighted by molar-refractivity contribution is 7.89. The summed E-state index contributed by atoms with van der Waals surface area (Å²) in [7, 11) is 1.12. The summed E-state index contributed by atoms with van der Waals surface area (Å²) in [5, 5.41) is 2.78. The molecule has 0 atom stereocenters. The third kappa shape index (κ3) is 3.72. The highest BCUT2D eigenvalue weighted by Crippen LogP contribution is 2.28. The van der Waals surface area contributed by atoms with Crippen LogP contribution < -0.4 is 14.8 Å². The first-order valence-corrected chi connectivity index (χ1v) is 10.4. The number of nitrogens with one attached hydrogen (secondary N) is 1. The molecule has 2 aromatic rings. The summed E-state index contributed by atoms with van der Waals surface area (Å²) in [6.07, 6.45) is 1.71. The summed E-state index contributed by atoms with van der Waals surface area (Å²) in [5.74, 6) is 0.661. The first kappa shape index (κ1) is 20.2. The van der Waals surface area contributed by atoms with E-state index in [9.17, 15) is 13.2 Å². The fourth-order valence-electron chi connectivity index (χ4n) is 3.29. The quantitative estimate of drug-likeness (QED) is 0.794. The molecule has 9 heteroatoms. The molecule has 0 spiro atoms. The van der Waals surface area contributed by atoms with Crippen LogP contribution in [0.3, 0.4) is 0 Å². The lowest BCUT2D eigenvalue weighted by molar-refractivity contribution is 0.101. The molecule has 0 saturated carbocycles. The summed E-state index contributed by atoms with van der Waals surface area (Å²) >= 11 is 0. The maximum atomic E-state index is 12.9. The topological polar surface area (TPSA) is 89.9 Å². The molecule has 28 heavy (non-hydrogen) atoms. The molecule has 1 N–H and O–H groups in total. The molecule has 1 fully saturated rings. The average molecular weight is 407 g/mol. The normalized spacial score (nSPS) is 14.9. The number of carbonyl (C=O) groups excluding carboxylic acids is 1. The monoisotopic (exact) mass is 407 g/mol. The van der Waals surface area contributed by atoms with Crippen LogP contribution in [-0.2, 0) is 17.1 Å². The molecule has 0 bridgehead atoms. The van der Waals surface area contributed by atoms with Crippen molar-refractivity contribution in [2.24, 2.45) is 7.05 Å². The third-order valence-corrected chi connectivity index (χ3v) is 7.03. The number of anilines is 1. The predicted octanol–water partition coefficient (Wildman–Crippen LogP) is 2.39. The van der Waals surface area contributed by atoms with Gasteiger partial charge in [0.2, 0.25) is 10.0 Å². The van der Waals surface area contributed by atoms with Crippen LogP contribution in [0.4, 0.5) is 5.69 Å². The number of rotatable bonds is 6. The van der Waals surface area contributed by atoms with Gasteiger partial charge in [-0.2, -0.15) is 4.31 Å². The molecule has 2 heterocycles. The number of amides is 1. The van der Waals surface area contributed by atoms with Gasteiger partial charge in [0.05, 0.1) is 14.2 Å². The van der Waals surface area contributed by atoms with Gasteiger partial charge in [0.1, 0.15) is 22.1 Å². The average Bonchev–Trinajstić information content (AvgIpc) is 3.31. The Hall–Kier alpha value is -2.52. The van der Waals surface area contributed by atoms with Gasteiger partial charge in [0.15, 0.2) is 0 Å². The smallest absolute Gasteiger partial charge is 0.272 e. The minimum absolute atomic E-state index is 0.172. The van der Waals surface area contributed by atoms with Gasteiger partial charge in [-0.05, 0) is 25.8 Å². The van der Waals surface area contributed by atoms with Crippen molar-refractivity contribution in [3.8, 4) is 11.5 Å². The van der Waals surface area contributed by atoms with Gasteiger partial charge in [-0.3, -0.25) is 4.79 Å². The molecule has 3 rings (SSSR count). The zero-order valence-corrected chi connectivity index (χ0v) is 17.3. The van der Waals surface area contributed by atoms with Crippen molar-refractivity contribution in [1.82, 2.24) is 8.87 Å². The fourth-order valence-corrected chi connectivity index (χ4v) is 5.08. The molecule has 1 aromatic carbocycles. The van der Waals surface area contributed by atoms with Gasteiger partial charge in [-0.25, -0.2) is 8.42 Å². The van der Waals surface area contributed by atoms with Crippen LogP contribution in [0, 0.1) is 6.92 Å². The number of ether oxygens (including phenoxy) is 2. The molecule has 1 aromatic heterocycles. The second-order valence-corrected chi connectivity index (χ2v) is 8.61. The second kappa shape index (κ2) is 7.84. The minimum Gasteiger partial charge on any atom is -0.497 e. The van der Waals surface area contributed by atoms with E-state index in [0.717, 1.165) is 12.8 Å². The van der Waals surface area contributed by atoms with Crippen LogP contribution in [-0.4, -0.2) is 50.5 Å². The van der Waals surface area contributed by atoms with Crippen LogP contribution in [0.5, 0.6) is 11.5 Å². The minimum atomic E-state index is -3.61. The molecule has 1 saturated heterocycles. The van der Waals surface area contributed by atoms with E-state index < -0.39 is 15.9 Å². The lowest BCUT2D eigenvalue weighted by Gasteiger charge is -2.15. The summed E-state index contributed by atoms with van der Waals surface area (Å²) in [5.41, 5.74) is 1.28. The van der Waals surface area contributed by atoms with Crippen LogP contribution in [0.1, 0.15) is 29.0 Å². The standard InChI is InChI=1S/C19H25N3O5S/c1-13-18(28(24,25)22-7-5-6-8-22)12-17(21(13)2)19(23)20-14-9-15(26-3)11-16(10-14)27-4/h9-12H,5-8H2,1-4H3,(H,20,23). The maximum absolute atomic E-state index is 12.9. The van der Waals surface area contributed by atoms with Crippen molar-refractivity contribution < 1.29 is 22.7 Å². The Morgan fingerprint density at radius 1 is 1.04 bits per heavy atom. The van der Waals surface area contributed by atoms with E-state index in [1.165, 1.54) is 24.6 Å². The van der Waals surface area contributed by atoms with E-state index in [-0.39, 0.29) is 10.6 Å². The van der Waals surface area contributed by atoms with Gasteiger partial charge in [0.25, 0.3) is 5.91 Å². The first-order valence-electron chi connectivity index (χ1n) is 8.99. The van der Waals surface area contributed by atoms with Crippen molar-refractivity contribution in [2.75, 3.05) is 32.6 Å². The number of nitrogens with zero attached hydrogens (tertiary/aromatic N) is 2. The summed E-state index contributed by atoms with van der Waals surface area (Å²) < 4.78 is 39.3. The predicted molar refractivity (Wildman–Crippen MR) is 106 cm³/mol. The van der Waals surface area contributed by atoms with Crippen molar-refractivity contribution in [1.29, 1.82) is 0 Å². The van der Waals surface area contributed by atoms with Crippen molar-refractivity contribution in [2.45, 2.75) is 24.7 Å². The second-order valence-electron chi connectivity index (χ2n) is 6.70. The molecule has 0 unspecified atom stereocenters. The van der Waals surface area contributed by atoms with E-state index in [0.29, 0.717) is 36.0 Å². The Morgan fingerprint density at radius 2 is 1.61 bits per heavy atom. The van der Waals surface area contributed by atoms with Crippen molar-refractivity contribution >= 4 is 21.6 Å². The zero-order chi connectivity index (χ0) is 20.5. The Balaban J connectivity index is 1.91. The Morgan fingerprint density at radius 3 is 2.14 bits per heavy atom. The molecule has 1 aliphatic heterocycles. The molecule has 1 aliphatic rings. The molecule has 0 radical (unpaired) electrons. The van der Waals surface area contributed by atoms with E-state index in [1.807, 2.05) is 0 Å².